The van der Waals surface area contributed by atoms with Crippen molar-refractivity contribution in [3.63, 3.8) is 0 Å². The van der Waals surface area contributed by atoms with Gasteiger partial charge in [0.1, 0.15) is 0 Å². The van der Waals surface area contributed by atoms with Crippen LogP contribution >= 0.6 is 11.3 Å². The molecule has 114 valence electrons. The molecule has 21 heavy (non-hydrogen) atoms. The molecule has 0 aliphatic carbocycles. The van der Waals surface area contributed by atoms with Gasteiger partial charge in [0.15, 0.2) is 0 Å². The lowest BCUT2D eigenvalue weighted by atomic mass is 9.93. The van der Waals surface area contributed by atoms with E-state index in [1.165, 1.54) is 11.0 Å². The molecule has 1 aliphatic heterocycles. The zero-order chi connectivity index (χ0) is 15.6. The number of amides is 1. The number of rotatable bonds is 4. The monoisotopic (exact) mass is 312 g/mol. The van der Waals surface area contributed by atoms with E-state index in [1.807, 2.05) is 0 Å². The molecule has 1 fully saturated rings. The Kier molecular flexibility index (Phi) is 4.56. The van der Waals surface area contributed by atoms with Crippen LogP contribution in [-0.4, -0.2) is 33.4 Å². The van der Waals surface area contributed by atoms with Gasteiger partial charge in [-0.15, -0.1) is 0 Å². The Morgan fingerprint density at radius 3 is 2.81 bits per heavy atom. The Morgan fingerprint density at radius 2 is 2.29 bits per heavy atom. The van der Waals surface area contributed by atoms with E-state index in [0.717, 1.165) is 11.3 Å². The van der Waals surface area contributed by atoms with Gasteiger partial charge in [-0.05, 0) is 25.8 Å². The molecule has 2 atom stereocenters. The average molecular weight is 312 g/mol. The normalized spacial score (nSPS) is 22.9. The molecule has 7 nitrogen and oxygen atoms in total. The van der Waals surface area contributed by atoms with E-state index < -0.39 is 22.9 Å². The van der Waals surface area contributed by atoms with Gasteiger partial charge in [-0.25, -0.2) is 0 Å². The number of nitrogens with zero attached hydrogens (tertiary/aromatic N) is 2. The Balaban J connectivity index is 2.45. The number of carboxylic acids is 1. The summed E-state index contributed by atoms with van der Waals surface area (Å²) in [5.74, 6) is -1.79. The Labute approximate surface area is 125 Å². The van der Waals surface area contributed by atoms with E-state index in [9.17, 15) is 24.8 Å². The second-order valence-electron chi connectivity index (χ2n) is 4.89. The van der Waals surface area contributed by atoms with Crippen LogP contribution in [0.15, 0.2) is 12.1 Å². The van der Waals surface area contributed by atoms with Crippen LogP contribution in [0.5, 0.6) is 0 Å². The van der Waals surface area contributed by atoms with Gasteiger partial charge in [0.25, 0.3) is 0 Å². The smallest absolute Gasteiger partial charge is 0.324 e. The van der Waals surface area contributed by atoms with Gasteiger partial charge in [0.2, 0.25) is 5.91 Å². The van der Waals surface area contributed by atoms with Crippen LogP contribution in [0, 0.1) is 16.0 Å². The van der Waals surface area contributed by atoms with Crippen molar-refractivity contribution < 1.29 is 19.6 Å². The van der Waals surface area contributed by atoms with Crippen molar-refractivity contribution in [3.05, 3.63) is 27.1 Å². The molecular formula is C13H16N2O5S. The molecule has 2 heterocycles. The third-order valence-corrected chi connectivity index (χ3v) is 4.79. The van der Waals surface area contributed by atoms with Crippen LogP contribution in [0.1, 0.15) is 37.1 Å². The summed E-state index contributed by atoms with van der Waals surface area (Å²) in [7, 11) is 0. The first kappa shape index (κ1) is 15.4. The third-order valence-electron chi connectivity index (χ3n) is 3.68. The van der Waals surface area contributed by atoms with Crippen LogP contribution in [0.2, 0.25) is 0 Å². The largest absolute Gasteiger partial charge is 0.481 e. The highest BCUT2D eigenvalue weighted by atomic mass is 32.1. The number of hydrogen-bond donors (Lipinski definition) is 1. The fourth-order valence-corrected chi connectivity index (χ4v) is 3.73. The van der Waals surface area contributed by atoms with Gasteiger partial charge < -0.3 is 10.0 Å². The molecule has 1 aliphatic rings. The van der Waals surface area contributed by atoms with Crippen LogP contribution < -0.4 is 0 Å². The molecule has 0 saturated carbocycles. The fraction of sp³-hybridized carbons (Fsp3) is 0.538. The van der Waals surface area contributed by atoms with Gasteiger partial charge >= 0.3 is 11.0 Å². The number of carbonyl (C=O) groups is 2. The van der Waals surface area contributed by atoms with Crippen molar-refractivity contribution in [2.24, 2.45) is 5.92 Å². The van der Waals surface area contributed by atoms with Crippen molar-refractivity contribution in [2.45, 2.75) is 32.2 Å². The minimum atomic E-state index is -0.968. The van der Waals surface area contributed by atoms with E-state index in [-0.39, 0.29) is 10.9 Å². The maximum Gasteiger partial charge on any atom is 0.324 e. The van der Waals surface area contributed by atoms with Crippen molar-refractivity contribution in [1.29, 1.82) is 0 Å². The zero-order valence-electron chi connectivity index (χ0n) is 11.5. The number of aliphatic carboxylic acids is 1. The highest BCUT2D eigenvalue weighted by Crippen LogP contribution is 2.40. The molecule has 1 aromatic rings. The number of likely N-dealkylation sites (tertiary alicyclic amines) is 1. The highest BCUT2D eigenvalue weighted by Gasteiger charge is 2.39. The maximum absolute atomic E-state index is 12.1. The molecule has 1 amide bonds. The molecule has 0 spiro atoms. The fourth-order valence-electron chi connectivity index (χ4n) is 2.73. The number of carboxylic acid groups (broad SMARTS) is 1. The van der Waals surface area contributed by atoms with Crippen LogP contribution in [-0.2, 0) is 9.59 Å². The molecule has 1 aromatic heterocycles. The van der Waals surface area contributed by atoms with E-state index >= 15 is 0 Å². The summed E-state index contributed by atoms with van der Waals surface area (Å²) in [4.78, 5) is 36.1. The van der Waals surface area contributed by atoms with Crippen molar-refractivity contribution >= 4 is 28.2 Å². The van der Waals surface area contributed by atoms with E-state index in [0.29, 0.717) is 30.7 Å². The molecule has 2 rings (SSSR count). The predicted octanol–water partition coefficient (Wildman–Crippen LogP) is 2.43. The average Bonchev–Trinajstić information content (AvgIpc) is 2.84. The Morgan fingerprint density at radius 1 is 1.57 bits per heavy atom. The molecule has 0 aromatic carbocycles. The predicted molar refractivity (Wildman–Crippen MR) is 76.1 cm³/mol. The molecule has 8 heteroatoms. The lowest BCUT2D eigenvalue weighted by molar-refractivity contribution is -0.380. The first-order chi connectivity index (χ1) is 9.95. The summed E-state index contributed by atoms with van der Waals surface area (Å²) >= 11 is 0.943. The SMILES string of the molecule is CCN1C(=O)CCCC(C(=O)O)C1c1ccc([N+](=O)[O-])s1. The minimum Gasteiger partial charge on any atom is -0.481 e. The standard InChI is InChI=1S/C13H16N2O5S/c1-2-14-10(16)5-3-4-8(13(17)18)12(14)9-6-7-11(21-9)15(19)20/h6-8,12H,2-5H2,1H3,(H,17,18). The first-order valence-corrected chi connectivity index (χ1v) is 7.53. The topological polar surface area (TPSA) is 101 Å². The summed E-state index contributed by atoms with van der Waals surface area (Å²) in [5.41, 5.74) is 0. The lowest BCUT2D eigenvalue weighted by Gasteiger charge is -2.31. The Hall–Kier alpha value is -1.96. The molecule has 2 unspecified atom stereocenters. The minimum absolute atomic E-state index is 0.0399. The summed E-state index contributed by atoms with van der Waals surface area (Å²) in [6, 6.07) is 2.30. The quantitative estimate of drug-likeness (QED) is 0.679. The number of thiophene rings is 1. The van der Waals surface area contributed by atoms with E-state index in [2.05, 4.69) is 0 Å². The van der Waals surface area contributed by atoms with E-state index in [4.69, 9.17) is 0 Å². The lowest BCUT2D eigenvalue weighted by Crippen LogP contribution is -2.38. The van der Waals surface area contributed by atoms with Crippen molar-refractivity contribution in [2.75, 3.05) is 6.54 Å². The molecule has 0 radical (unpaired) electrons. The second kappa shape index (κ2) is 6.21. The second-order valence-corrected chi connectivity index (χ2v) is 5.99. The van der Waals surface area contributed by atoms with Gasteiger partial charge in [-0.2, -0.15) is 0 Å². The Bertz CT molecular complexity index is 569. The zero-order valence-corrected chi connectivity index (χ0v) is 12.3. The molecule has 1 N–H and O–H groups in total. The summed E-state index contributed by atoms with van der Waals surface area (Å²) < 4.78 is 0. The maximum atomic E-state index is 12.1. The highest BCUT2D eigenvalue weighted by molar-refractivity contribution is 7.15. The van der Waals surface area contributed by atoms with Gasteiger partial charge in [-0.3, -0.25) is 19.7 Å². The number of carbonyl (C=O) groups excluding carboxylic acids is 1. The third kappa shape index (κ3) is 3.05. The first-order valence-electron chi connectivity index (χ1n) is 6.72. The summed E-state index contributed by atoms with van der Waals surface area (Å²) in [5, 5.41) is 20.2. The molecule has 0 bridgehead atoms. The van der Waals surface area contributed by atoms with Crippen molar-refractivity contribution in [1.82, 2.24) is 4.90 Å². The van der Waals surface area contributed by atoms with Crippen LogP contribution in [0.25, 0.3) is 0 Å². The molecule has 1 saturated heterocycles. The van der Waals surface area contributed by atoms with Gasteiger partial charge in [0.05, 0.1) is 16.9 Å². The number of nitro groups is 1. The van der Waals surface area contributed by atoms with Gasteiger partial charge in [-0.1, -0.05) is 11.3 Å². The van der Waals surface area contributed by atoms with Crippen LogP contribution in [0.3, 0.4) is 0 Å². The summed E-state index contributed by atoms with van der Waals surface area (Å²) in [6.07, 6.45) is 1.24. The van der Waals surface area contributed by atoms with Crippen LogP contribution in [0.4, 0.5) is 5.00 Å². The van der Waals surface area contributed by atoms with Crippen molar-refractivity contribution in [3.8, 4) is 0 Å². The van der Waals surface area contributed by atoms with E-state index in [1.54, 1.807) is 13.0 Å². The molecular weight excluding hydrogens is 296 g/mol. The number of hydrogen-bond acceptors (Lipinski definition) is 5. The van der Waals surface area contributed by atoms with Gasteiger partial charge in [0, 0.05) is 23.9 Å². The summed E-state index contributed by atoms with van der Waals surface area (Å²) in [6.45, 7) is 2.18.